The maximum atomic E-state index is 12.4. The van der Waals surface area contributed by atoms with Crippen LogP contribution in [0.2, 0.25) is 0 Å². The van der Waals surface area contributed by atoms with Crippen molar-refractivity contribution in [3.05, 3.63) is 28.6 Å². The number of hydrogen-bond donors (Lipinski definition) is 0. The Hall–Kier alpha value is -2.35. The highest BCUT2D eigenvalue weighted by Crippen LogP contribution is 2.26. The standard InChI is InChI=1S/C17H21N3O5/c1-11-13(6-10-23-11)15-18-20(17(22)25-15)12-4-7-19(8-5-12)16(21)14-3-2-9-24-14/h6,10,12,14H,2-5,7-9H2,1H3/t14-/m1/s1. The van der Waals surface area contributed by atoms with E-state index in [0.717, 1.165) is 12.8 Å². The minimum atomic E-state index is -0.473. The summed E-state index contributed by atoms with van der Waals surface area (Å²) < 4.78 is 17.4. The average molecular weight is 347 g/mol. The van der Waals surface area contributed by atoms with Crippen LogP contribution >= 0.6 is 0 Å². The Morgan fingerprint density at radius 2 is 2.08 bits per heavy atom. The van der Waals surface area contributed by atoms with Crippen molar-refractivity contribution in [3.63, 3.8) is 0 Å². The van der Waals surface area contributed by atoms with Gasteiger partial charge in [-0.15, -0.1) is 5.10 Å². The highest BCUT2D eigenvalue weighted by molar-refractivity contribution is 5.81. The molecule has 2 aliphatic heterocycles. The number of carbonyl (C=O) groups excluding carboxylic acids is 1. The van der Waals surface area contributed by atoms with E-state index in [1.54, 1.807) is 19.3 Å². The molecule has 0 aliphatic carbocycles. The van der Waals surface area contributed by atoms with E-state index in [9.17, 15) is 9.59 Å². The number of aryl methyl sites for hydroxylation is 1. The van der Waals surface area contributed by atoms with Gasteiger partial charge in [-0.05, 0) is 38.7 Å². The van der Waals surface area contributed by atoms with Gasteiger partial charge in [-0.3, -0.25) is 4.79 Å². The van der Waals surface area contributed by atoms with Crippen LogP contribution in [0.5, 0.6) is 0 Å². The predicted octanol–water partition coefficient (Wildman–Crippen LogP) is 1.75. The number of likely N-dealkylation sites (tertiary alicyclic amines) is 1. The van der Waals surface area contributed by atoms with Gasteiger partial charge >= 0.3 is 5.76 Å². The average Bonchev–Trinajstić information content (AvgIpc) is 3.35. The second-order valence-electron chi connectivity index (χ2n) is 6.57. The molecule has 2 saturated heterocycles. The highest BCUT2D eigenvalue weighted by Gasteiger charge is 2.32. The Balaban J connectivity index is 1.44. The lowest BCUT2D eigenvalue weighted by molar-refractivity contribution is -0.142. The third-order valence-corrected chi connectivity index (χ3v) is 4.99. The maximum Gasteiger partial charge on any atom is 0.437 e. The van der Waals surface area contributed by atoms with E-state index >= 15 is 0 Å². The van der Waals surface area contributed by atoms with Crippen molar-refractivity contribution in [1.29, 1.82) is 0 Å². The Morgan fingerprint density at radius 1 is 1.28 bits per heavy atom. The SMILES string of the molecule is Cc1occc1-c1nn(C2CCN(C(=O)[C@H]3CCCO3)CC2)c(=O)o1. The monoisotopic (exact) mass is 347 g/mol. The largest absolute Gasteiger partial charge is 0.469 e. The second-order valence-corrected chi connectivity index (χ2v) is 6.57. The molecule has 2 aliphatic rings. The zero-order valence-electron chi connectivity index (χ0n) is 14.1. The van der Waals surface area contributed by atoms with Gasteiger partial charge in [-0.1, -0.05) is 0 Å². The van der Waals surface area contributed by atoms with Gasteiger partial charge < -0.3 is 18.5 Å². The maximum absolute atomic E-state index is 12.4. The molecule has 2 fully saturated rings. The molecule has 8 heteroatoms. The molecule has 0 N–H and O–H groups in total. The molecule has 0 bridgehead atoms. The third-order valence-electron chi connectivity index (χ3n) is 4.99. The molecular formula is C17H21N3O5. The third kappa shape index (κ3) is 3.02. The van der Waals surface area contributed by atoms with Crippen LogP contribution in [0.3, 0.4) is 0 Å². The molecule has 2 aromatic heterocycles. The first-order valence-electron chi connectivity index (χ1n) is 8.68. The lowest BCUT2D eigenvalue weighted by Crippen LogP contribution is -2.44. The summed E-state index contributed by atoms with van der Waals surface area (Å²) in [7, 11) is 0. The number of amides is 1. The fourth-order valence-corrected chi connectivity index (χ4v) is 3.54. The van der Waals surface area contributed by atoms with E-state index in [-0.39, 0.29) is 23.9 Å². The number of aromatic nitrogens is 2. The van der Waals surface area contributed by atoms with E-state index in [2.05, 4.69) is 5.10 Å². The molecule has 2 aromatic rings. The topological polar surface area (TPSA) is 90.7 Å². The van der Waals surface area contributed by atoms with Crippen LogP contribution in [0.1, 0.15) is 37.5 Å². The summed E-state index contributed by atoms with van der Waals surface area (Å²) in [5.74, 6) is 0.525. The summed E-state index contributed by atoms with van der Waals surface area (Å²) in [4.78, 5) is 26.4. The summed E-state index contributed by atoms with van der Waals surface area (Å²) in [5.41, 5.74) is 0.682. The number of carbonyl (C=O) groups is 1. The molecule has 4 rings (SSSR count). The molecular weight excluding hydrogens is 326 g/mol. The number of nitrogens with zero attached hydrogens (tertiary/aromatic N) is 3. The van der Waals surface area contributed by atoms with Crippen LogP contribution < -0.4 is 5.76 Å². The van der Waals surface area contributed by atoms with E-state index in [1.165, 1.54) is 4.68 Å². The Kier molecular flexibility index (Phi) is 4.20. The van der Waals surface area contributed by atoms with Crippen molar-refractivity contribution in [3.8, 4) is 11.5 Å². The highest BCUT2D eigenvalue weighted by atomic mass is 16.5. The van der Waals surface area contributed by atoms with Crippen LogP contribution in [0.4, 0.5) is 0 Å². The predicted molar refractivity (Wildman–Crippen MR) is 87.0 cm³/mol. The van der Waals surface area contributed by atoms with Crippen molar-refractivity contribution < 1.29 is 18.4 Å². The number of piperidine rings is 1. The summed E-state index contributed by atoms with van der Waals surface area (Å²) in [6.45, 7) is 3.66. The second kappa shape index (κ2) is 6.51. The van der Waals surface area contributed by atoms with Crippen molar-refractivity contribution in [1.82, 2.24) is 14.7 Å². The molecule has 0 radical (unpaired) electrons. The van der Waals surface area contributed by atoms with Crippen molar-refractivity contribution in [2.24, 2.45) is 0 Å². The molecule has 1 amide bonds. The van der Waals surface area contributed by atoms with Gasteiger partial charge in [0.05, 0.1) is 17.9 Å². The summed E-state index contributed by atoms with van der Waals surface area (Å²) in [6.07, 6.45) is 4.34. The summed E-state index contributed by atoms with van der Waals surface area (Å²) in [5, 5.41) is 4.33. The molecule has 8 nitrogen and oxygen atoms in total. The lowest BCUT2D eigenvalue weighted by atomic mass is 10.0. The fraction of sp³-hybridized carbons (Fsp3) is 0.588. The van der Waals surface area contributed by atoms with Crippen LogP contribution in [0.25, 0.3) is 11.5 Å². The van der Waals surface area contributed by atoms with Crippen LogP contribution in [0.15, 0.2) is 26.0 Å². The first kappa shape index (κ1) is 16.1. The van der Waals surface area contributed by atoms with E-state index in [4.69, 9.17) is 13.6 Å². The Labute approximate surface area is 144 Å². The minimum Gasteiger partial charge on any atom is -0.469 e. The van der Waals surface area contributed by atoms with Gasteiger partial charge in [-0.25, -0.2) is 4.79 Å². The molecule has 1 atom stereocenters. The lowest BCUT2D eigenvalue weighted by Gasteiger charge is -2.32. The smallest absolute Gasteiger partial charge is 0.437 e. The normalized spacial score (nSPS) is 21.8. The molecule has 0 unspecified atom stereocenters. The molecule has 25 heavy (non-hydrogen) atoms. The van der Waals surface area contributed by atoms with Crippen LogP contribution in [0, 0.1) is 6.92 Å². The quantitative estimate of drug-likeness (QED) is 0.840. The summed E-state index contributed by atoms with van der Waals surface area (Å²) >= 11 is 0. The van der Waals surface area contributed by atoms with E-state index < -0.39 is 5.76 Å². The van der Waals surface area contributed by atoms with Crippen LogP contribution in [-0.4, -0.2) is 46.4 Å². The van der Waals surface area contributed by atoms with Crippen molar-refractivity contribution in [2.45, 2.75) is 44.8 Å². The van der Waals surface area contributed by atoms with Crippen molar-refractivity contribution >= 4 is 5.91 Å². The Morgan fingerprint density at radius 3 is 2.72 bits per heavy atom. The number of hydrogen-bond acceptors (Lipinski definition) is 6. The van der Waals surface area contributed by atoms with Gasteiger partial charge in [-0.2, -0.15) is 4.68 Å². The first-order valence-corrected chi connectivity index (χ1v) is 8.68. The molecule has 4 heterocycles. The molecule has 0 aromatic carbocycles. The minimum absolute atomic E-state index is 0.0641. The van der Waals surface area contributed by atoms with Gasteiger partial charge in [0.25, 0.3) is 11.8 Å². The Bertz CT molecular complexity index is 806. The fourth-order valence-electron chi connectivity index (χ4n) is 3.54. The number of furan rings is 1. The van der Waals surface area contributed by atoms with Gasteiger partial charge in [0.2, 0.25) is 0 Å². The van der Waals surface area contributed by atoms with E-state index in [0.29, 0.717) is 43.9 Å². The van der Waals surface area contributed by atoms with Gasteiger partial charge in [0.15, 0.2) is 0 Å². The van der Waals surface area contributed by atoms with Gasteiger partial charge in [0, 0.05) is 19.7 Å². The molecule has 134 valence electrons. The molecule has 0 spiro atoms. The summed E-state index contributed by atoms with van der Waals surface area (Å²) in [6, 6.07) is 1.67. The number of rotatable bonds is 3. The molecule has 0 saturated carbocycles. The van der Waals surface area contributed by atoms with Crippen molar-refractivity contribution in [2.75, 3.05) is 19.7 Å². The zero-order valence-corrected chi connectivity index (χ0v) is 14.1. The van der Waals surface area contributed by atoms with E-state index in [1.807, 2.05) is 4.90 Å². The zero-order chi connectivity index (χ0) is 17.4. The number of ether oxygens (including phenoxy) is 1. The first-order chi connectivity index (χ1) is 12.1. The van der Waals surface area contributed by atoms with Gasteiger partial charge in [0.1, 0.15) is 11.9 Å². The van der Waals surface area contributed by atoms with Crippen LogP contribution in [-0.2, 0) is 9.53 Å².